The van der Waals surface area contributed by atoms with Crippen molar-refractivity contribution < 1.29 is 0 Å². The third-order valence-electron chi connectivity index (χ3n) is 4.01. The quantitative estimate of drug-likeness (QED) is 0.475. The molecule has 0 radical (unpaired) electrons. The number of aliphatic imine (C=N–C) groups is 1. The van der Waals surface area contributed by atoms with Gasteiger partial charge in [0.25, 0.3) is 0 Å². The maximum atomic E-state index is 8.35. The van der Waals surface area contributed by atoms with Gasteiger partial charge in [-0.25, -0.2) is 0 Å². The van der Waals surface area contributed by atoms with Gasteiger partial charge in [0.1, 0.15) is 0 Å². The molecule has 0 saturated carbocycles. The first-order valence-corrected chi connectivity index (χ1v) is 8.38. The Hall–Kier alpha value is -3.00. The minimum atomic E-state index is -0.0147. The average molecular weight is 328 g/mol. The second kappa shape index (κ2) is 9.33. The van der Waals surface area contributed by atoms with Gasteiger partial charge in [-0.05, 0) is 30.9 Å². The number of rotatable bonds is 7. The molecule has 2 nitrogen and oxygen atoms in total. The molecule has 0 spiro atoms. The molecule has 1 unspecified atom stereocenters. The number of nitrogens with zero attached hydrogens (tertiary/aromatic N) is 1. The molecule has 0 fully saturated rings. The summed E-state index contributed by atoms with van der Waals surface area (Å²) >= 11 is 0. The van der Waals surface area contributed by atoms with Crippen LogP contribution in [0.1, 0.15) is 25.0 Å². The van der Waals surface area contributed by atoms with Gasteiger partial charge >= 0.3 is 0 Å². The zero-order valence-corrected chi connectivity index (χ0v) is 14.8. The molecular weight excluding hydrogens is 304 g/mol. The van der Waals surface area contributed by atoms with E-state index in [9.17, 15) is 0 Å². The predicted octanol–water partition coefficient (Wildman–Crippen LogP) is 6.04. The van der Waals surface area contributed by atoms with E-state index >= 15 is 0 Å². The van der Waals surface area contributed by atoms with Gasteiger partial charge < -0.3 is 5.41 Å². The minimum absolute atomic E-state index is 0.0147. The Morgan fingerprint density at radius 1 is 1.00 bits per heavy atom. The molecule has 2 aromatic carbocycles. The summed E-state index contributed by atoms with van der Waals surface area (Å²) in [5, 5.41) is 8.35. The zero-order chi connectivity index (χ0) is 18.1. The molecule has 0 aliphatic rings. The molecule has 0 amide bonds. The van der Waals surface area contributed by atoms with Crippen molar-refractivity contribution in [2.45, 2.75) is 13.8 Å². The number of hydrogen-bond acceptors (Lipinski definition) is 2. The Morgan fingerprint density at radius 2 is 1.56 bits per heavy atom. The van der Waals surface area contributed by atoms with E-state index in [-0.39, 0.29) is 5.92 Å². The van der Waals surface area contributed by atoms with Gasteiger partial charge in [0, 0.05) is 17.2 Å². The molecule has 0 bridgehead atoms. The van der Waals surface area contributed by atoms with Gasteiger partial charge in [0.05, 0.1) is 5.70 Å². The van der Waals surface area contributed by atoms with E-state index in [0.717, 1.165) is 16.8 Å². The molecule has 2 rings (SSSR count). The Bertz CT molecular complexity index is 797. The minimum Gasteiger partial charge on any atom is -0.305 e. The van der Waals surface area contributed by atoms with Crippen molar-refractivity contribution in [2.75, 3.05) is 0 Å². The molecule has 0 heterocycles. The maximum Gasteiger partial charge on any atom is 0.0712 e. The summed E-state index contributed by atoms with van der Waals surface area (Å²) in [4.78, 5) is 4.07. The normalized spacial score (nSPS) is 13.7. The number of allylic oxidation sites excluding steroid dienone is 5. The van der Waals surface area contributed by atoms with E-state index in [1.54, 1.807) is 6.08 Å². The number of hydrogen-bond donors (Lipinski definition) is 1. The zero-order valence-electron chi connectivity index (χ0n) is 14.8. The van der Waals surface area contributed by atoms with Crippen molar-refractivity contribution in [1.82, 2.24) is 0 Å². The molecule has 1 N–H and O–H groups in total. The van der Waals surface area contributed by atoms with Crippen LogP contribution in [0.3, 0.4) is 0 Å². The summed E-state index contributed by atoms with van der Waals surface area (Å²) in [7, 11) is 0. The summed E-state index contributed by atoms with van der Waals surface area (Å²) in [5.74, 6) is -0.0147. The smallest absolute Gasteiger partial charge is 0.0712 e. The summed E-state index contributed by atoms with van der Waals surface area (Å²) < 4.78 is 0. The third kappa shape index (κ3) is 5.25. The van der Waals surface area contributed by atoms with Crippen LogP contribution in [0.4, 0.5) is 0 Å². The van der Waals surface area contributed by atoms with E-state index in [1.807, 2.05) is 68.5 Å². The van der Waals surface area contributed by atoms with E-state index in [4.69, 9.17) is 5.41 Å². The second-order valence-corrected chi connectivity index (χ2v) is 5.77. The van der Waals surface area contributed by atoms with Crippen LogP contribution in [-0.4, -0.2) is 12.4 Å². The lowest BCUT2D eigenvalue weighted by Gasteiger charge is -2.08. The van der Waals surface area contributed by atoms with Crippen LogP contribution in [0.2, 0.25) is 0 Å². The molecule has 2 heteroatoms. The van der Waals surface area contributed by atoms with Crippen LogP contribution >= 0.6 is 0 Å². The van der Waals surface area contributed by atoms with Crippen molar-refractivity contribution >= 4 is 23.7 Å². The third-order valence-corrected chi connectivity index (χ3v) is 4.01. The monoisotopic (exact) mass is 328 g/mol. The first kappa shape index (κ1) is 18.3. The number of benzene rings is 2. The Morgan fingerprint density at radius 3 is 2.08 bits per heavy atom. The Balaban J connectivity index is 2.14. The summed E-state index contributed by atoms with van der Waals surface area (Å²) in [6.07, 6.45) is 7.99. The fourth-order valence-electron chi connectivity index (χ4n) is 2.45. The first-order valence-electron chi connectivity index (χ1n) is 8.38. The molecule has 0 aliphatic carbocycles. The van der Waals surface area contributed by atoms with Gasteiger partial charge in [-0.3, -0.25) is 4.99 Å². The van der Waals surface area contributed by atoms with Gasteiger partial charge in [-0.15, -0.1) is 0 Å². The maximum absolute atomic E-state index is 8.35. The molecule has 0 saturated heterocycles. The Kier molecular flexibility index (Phi) is 6.85. The van der Waals surface area contributed by atoms with Crippen molar-refractivity contribution in [3.63, 3.8) is 0 Å². The fraction of sp³-hybridized carbons (Fsp3) is 0.130. The summed E-state index contributed by atoms with van der Waals surface area (Å²) in [6, 6.07) is 20.1. The standard InChI is InChI=1S/C23H24N2/c1-4-19(20-11-7-5-8-12-20)16-15-18(2)22(24)17-23(25-3)21-13-9-6-10-14-21/h4-18,24H,3H2,1-2H3/b16-15-,19-4+,23-17-,24-22?. The largest absolute Gasteiger partial charge is 0.305 e. The van der Waals surface area contributed by atoms with Crippen LogP contribution in [-0.2, 0) is 0 Å². The molecule has 2 aromatic rings. The highest BCUT2D eigenvalue weighted by Crippen LogP contribution is 2.19. The van der Waals surface area contributed by atoms with E-state index < -0.39 is 0 Å². The van der Waals surface area contributed by atoms with Crippen molar-refractivity contribution in [3.05, 3.63) is 96.1 Å². The molecule has 126 valence electrons. The lowest BCUT2D eigenvalue weighted by Crippen LogP contribution is -2.04. The molecule has 0 aromatic heterocycles. The van der Waals surface area contributed by atoms with Gasteiger partial charge in [-0.1, -0.05) is 85.8 Å². The van der Waals surface area contributed by atoms with Crippen molar-refractivity contribution in [2.24, 2.45) is 10.9 Å². The fourth-order valence-corrected chi connectivity index (χ4v) is 2.45. The van der Waals surface area contributed by atoms with Gasteiger partial charge in [0.2, 0.25) is 0 Å². The molecule has 0 aliphatic heterocycles. The highest BCUT2D eigenvalue weighted by atomic mass is 14.7. The van der Waals surface area contributed by atoms with Crippen molar-refractivity contribution in [3.8, 4) is 0 Å². The second-order valence-electron chi connectivity index (χ2n) is 5.77. The van der Waals surface area contributed by atoms with E-state index in [0.29, 0.717) is 5.71 Å². The van der Waals surface area contributed by atoms with Gasteiger partial charge in [0.15, 0.2) is 0 Å². The highest BCUT2D eigenvalue weighted by Gasteiger charge is 2.06. The van der Waals surface area contributed by atoms with Crippen LogP contribution in [0, 0.1) is 11.3 Å². The van der Waals surface area contributed by atoms with E-state index in [1.165, 1.54) is 5.56 Å². The lowest BCUT2D eigenvalue weighted by molar-refractivity contribution is 0.992. The van der Waals surface area contributed by atoms with Crippen LogP contribution in [0.5, 0.6) is 0 Å². The van der Waals surface area contributed by atoms with Crippen LogP contribution in [0.25, 0.3) is 11.3 Å². The topological polar surface area (TPSA) is 36.2 Å². The first-order chi connectivity index (χ1) is 12.2. The average Bonchev–Trinajstić information content (AvgIpc) is 2.67. The SMILES string of the molecule is C=N/C(=C\C(=N)C(C)/C=C\C(=C/C)c1ccccc1)c1ccccc1. The molecular formula is C23H24N2. The van der Waals surface area contributed by atoms with Crippen LogP contribution < -0.4 is 0 Å². The van der Waals surface area contributed by atoms with Crippen LogP contribution in [0.15, 0.2) is 90.0 Å². The van der Waals surface area contributed by atoms with Crippen molar-refractivity contribution in [1.29, 1.82) is 5.41 Å². The summed E-state index contributed by atoms with van der Waals surface area (Å²) in [6.45, 7) is 7.67. The molecule has 1 atom stereocenters. The summed E-state index contributed by atoms with van der Waals surface area (Å²) in [5.41, 5.74) is 4.52. The predicted molar refractivity (Wildman–Crippen MR) is 110 cm³/mol. The Labute approximate surface area is 150 Å². The molecule has 25 heavy (non-hydrogen) atoms. The van der Waals surface area contributed by atoms with Gasteiger partial charge in [-0.2, -0.15) is 0 Å². The lowest BCUT2D eigenvalue weighted by atomic mass is 9.99. The highest BCUT2D eigenvalue weighted by molar-refractivity contribution is 6.01. The number of nitrogens with one attached hydrogen (secondary N) is 1. The van der Waals surface area contributed by atoms with E-state index in [2.05, 4.69) is 36.0 Å².